The van der Waals surface area contributed by atoms with Gasteiger partial charge >= 0.3 is 0 Å². The maximum Gasteiger partial charge on any atom is 0.179 e. The molecule has 4 heteroatoms. The fraction of sp³-hybridized carbons (Fsp3) is 0.417. The molecule has 0 radical (unpaired) electrons. The van der Waals surface area contributed by atoms with E-state index in [0.717, 1.165) is 11.8 Å². The van der Waals surface area contributed by atoms with Crippen molar-refractivity contribution in [2.75, 3.05) is 14.2 Å². The monoisotopic (exact) mass is 242 g/mol. The molecule has 0 spiro atoms. The number of hydrogen-bond acceptors (Lipinski definition) is 3. The van der Waals surface area contributed by atoms with Crippen molar-refractivity contribution in [1.29, 1.82) is 0 Å². The van der Waals surface area contributed by atoms with Crippen LogP contribution in [-0.2, 0) is 10.2 Å². The quantitative estimate of drug-likeness (QED) is 0.762. The zero-order valence-electron chi connectivity index (χ0n) is 9.83. The topological polar surface area (TPSA) is 35.5 Å². The summed E-state index contributed by atoms with van der Waals surface area (Å²) in [6.45, 7) is 3.60. The first-order valence-electron chi connectivity index (χ1n) is 4.85. The number of ether oxygens (including phenoxy) is 2. The van der Waals surface area contributed by atoms with E-state index >= 15 is 0 Å². The highest BCUT2D eigenvalue weighted by molar-refractivity contribution is 6.33. The molecule has 0 saturated carbocycles. The van der Waals surface area contributed by atoms with Crippen LogP contribution in [0.2, 0.25) is 5.02 Å². The number of carbonyl (C=O) groups excluding carboxylic acids is 1. The molecule has 1 rings (SSSR count). The summed E-state index contributed by atoms with van der Waals surface area (Å²) in [5.74, 6) is 1.01. The molecule has 0 aliphatic rings. The summed E-state index contributed by atoms with van der Waals surface area (Å²) in [7, 11) is 3.06. The Hall–Kier alpha value is -1.22. The molecule has 0 aromatic heterocycles. The molecule has 3 nitrogen and oxygen atoms in total. The molecule has 0 heterocycles. The molecule has 0 unspecified atom stereocenters. The standard InChI is InChI=1S/C12H15ClO3/c1-12(2,7-14)8-5-6-9(15-3)11(16-4)10(8)13/h5-7H,1-4H3. The second kappa shape index (κ2) is 4.74. The number of benzene rings is 1. The van der Waals surface area contributed by atoms with Gasteiger partial charge in [-0.1, -0.05) is 17.7 Å². The summed E-state index contributed by atoms with van der Waals surface area (Å²) in [4.78, 5) is 11.0. The van der Waals surface area contributed by atoms with Crippen molar-refractivity contribution >= 4 is 17.9 Å². The molecule has 0 aliphatic carbocycles. The summed E-state index contributed by atoms with van der Waals surface area (Å²) in [5.41, 5.74) is 0.0817. The van der Waals surface area contributed by atoms with Gasteiger partial charge in [0.05, 0.1) is 19.2 Å². The average Bonchev–Trinajstić information content (AvgIpc) is 2.28. The van der Waals surface area contributed by atoms with E-state index in [4.69, 9.17) is 21.1 Å². The molecule has 0 atom stereocenters. The Morgan fingerprint density at radius 1 is 1.25 bits per heavy atom. The van der Waals surface area contributed by atoms with Crippen LogP contribution in [0.5, 0.6) is 11.5 Å². The number of aldehydes is 1. The van der Waals surface area contributed by atoms with E-state index in [-0.39, 0.29) is 0 Å². The largest absolute Gasteiger partial charge is 0.493 e. The molecule has 16 heavy (non-hydrogen) atoms. The van der Waals surface area contributed by atoms with Gasteiger partial charge in [0.2, 0.25) is 0 Å². The van der Waals surface area contributed by atoms with E-state index in [9.17, 15) is 4.79 Å². The predicted molar refractivity (Wildman–Crippen MR) is 63.6 cm³/mol. The van der Waals surface area contributed by atoms with Gasteiger partial charge in [-0.2, -0.15) is 0 Å². The number of rotatable bonds is 4. The molecular weight excluding hydrogens is 228 g/mol. The van der Waals surface area contributed by atoms with E-state index in [1.807, 2.05) is 0 Å². The van der Waals surface area contributed by atoms with Crippen LogP contribution in [0.25, 0.3) is 0 Å². The zero-order valence-corrected chi connectivity index (χ0v) is 10.6. The fourth-order valence-corrected chi connectivity index (χ4v) is 1.93. The third-order valence-electron chi connectivity index (χ3n) is 2.47. The SMILES string of the molecule is COc1ccc(C(C)(C)C=O)c(Cl)c1OC. The molecule has 1 aromatic carbocycles. The molecule has 0 amide bonds. The molecule has 1 aromatic rings. The first-order chi connectivity index (χ1) is 7.47. The molecule has 0 bridgehead atoms. The predicted octanol–water partition coefficient (Wildman–Crippen LogP) is 2.83. The second-order valence-corrected chi connectivity index (χ2v) is 4.38. The van der Waals surface area contributed by atoms with Crippen molar-refractivity contribution in [2.45, 2.75) is 19.3 Å². The number of hydrogen-bond donors (Lipinski definition) is 0. The second-order valence-electron chi connectivity index (χ2n) is 4.00. The maximum atomic E-state index is 11.0. The van der Waals surface area contributed by atoms with E-state index < -0.39 is 5.41 Å². The number of methoxy groups -OCH3 is 2. The summed E-state index contributed by atoms with van der Waals surface area (Å²) < 4.78 is 10.3. The smallest absolute Gasteiger partial charge is 0.179 e. The van der Waals surface area contributed by atoms with E-state index in [1.165, 1.54) is 7.11 Å². The van der Waals surface area contributed by atoms with Crippen LogP contribution < -0.4 is 9.47 Å². The molecular formula is C12H15ClO3. The summed E-state index contributed by atoms with van der Waals surface area (Å²) >= 11 is 6.19. The maximum absolute atomic E-state index is 11.0. The first kappa shape index (κ1) is 12.8. The Kier molecular flexibility index (Phi) is 3.81. The first-order valence-corrected chi connectivity index (χ1v) is 5.23. The Labute approximate surface area is 100 Å². The van der Waals surface area contributed by atoms with Gasteiger partial charge < -0.3 is 14.3 Å². The molecule has 0 N–H and O–H groups in total. The Morgan fingerprint density at radius 2 is 1.88 bits per heavy atom. The lowest BCUT2D eigenvalue weighted by Gasteiger charge is -2.21. The van der Waals surface area contributed by atoms with Gasteiger partial charge in [-0.25, -0.2) is 0 Å². The van der Waals surface area contributed by atoms with Gasteiger partial charge in [0.25, 0.3) is 0 Å². The molecule has 0 aliphatic heterocycles. The van der Waals surface area contributed by atoms with Crippen molar-refractivity contribution in [3.05, 3.63) is 22.7 Å². The lowest BCUT2D eigenvalue weighted by molar-refractivity contribution is -0.111. The molecule has 0 saturated heterocycles. The Balaban J connectivity index is 3.40. The summed E-state index contributed by atoms with van der Waals surface area (Å²) in [5, 5.41) is 0.416. The zero-order chi connectivity index (χ0) is 12.3. The van der Waals surface area contributed by atoms with Gasteiger partial charge in [0.1, 0.15) is 6.29 Å². The highest BCUT2D eigenvalue weighted by Crippen LogP contribution is 2.41. The van der Waals surface area contributed by atoms with Crippen LogP contribution in [0.15, 0.2) is 12.1 Å². The number of carbonyl (C=O) groups is 1. The van der Waals surface area contributed by atoms with Crippen molar-refractivity contribution in [1.82, 2.24) is 0 Å². The Bertz CT molecular complexity index is 399. The van der Waals surface area contributed by atoms with Crippen molar-refractivity contribution in [2.24, 2.45) is 0 Å². The lowest BCUT2D eigenvalue weighted by Crippen LogP contribution is -2.19. The van der Waals surface area contributed by atoms with E-state index in [1.54, 1.807) is 33.1 Å². The van der Waals surface area contributed by atoms with Crippen LogP contribution in [0.4, 0.5) is 0 Å². The highest BCUT2D eigenvalue weighted by Gasteiger charge is 2.25. The highest BCUT2D eigenvalue weighted by atomic mass is 35.5. The normalized spacial score (nSPS) is 11.1. The third-order valence-corrected chi connectivity index (χ3v) is 2.85. The minimum absolute atomic E-state index is 0.416. The fourth-order valence-electron chi connectivity index (χ4n) is 1.45. The van der Waals surface area contributed by atoms with Gasteiger partial charge in [-0.05, 0) is 25.5 Å². The number of halogens is 1. The minimum atomic E-state index is -0.642. The van der Waals surface area contributed by atoms with Crippen molar-refractivity contribution in [3.63, 3.8) is 0 Å². The van der Waals surface area contributed by atoms with Crippen LogP contribution in [-0.4, -0.2) is 20.5 Å². The molecule has 88 valence electrons. The summed E-state index contributed by atoms with van der Waals surface area (Å²) in [6.07, 6.45) is 0.861. The van der Waals surface area contributed by atoms with Crippen molar-refractivity contribution in [3.8, 4) is 11.5 Å². The minimum Gasteiger partial charge on any atom is -0.493 e. The van der Waals surface area contributed by atoms with Crippen LogP contribution in [0.3, 0.4) is 0 Å². The molecule has 0 fully saturated rings. The van der Waals surface area contributed by atoms with Gasteiger partial charge in [-0.15, -0.1) is 0 Å². The Morgan fingerprint density at radius 3 is 2.31 bits per heavy atom. The van der Waals surface area contributed by atoms with Gasteiger partial charge in [0, 0.05) is 5.41 Å². The van der Waals surface area contributed by atoms with Crippen LogP contribution in [0, 0.1) is 0 Å². The van der Waals surface area contributed by atoms with Gasteiger partial charge in [-0.3, -0.25) is 0 Å². The average molecular weight is 243 g/mol. The van der Waals surface area contributed by atoms with Crippen LogP contribution >= 0.6 is 11.6 Å². The van der Waals surface area contributed by atoms with Crippen LogP contribution in [0.1, 0.15) is 19.4 Å². The summed E-state index contributed by atoms with van der Waals surface area (Å²) in [6, 6.07) is 3.52. The van der Waals surface area contributed by atoms with Crippen molar-refractivity contribution < 1.29 is 14.3 Å². The van der Waals surface area contributed by atoms with E-state index in [0.29, 0.717) is 16.5 Å². The van der Waals surface area contributed by atoms with E-state index in [2.05, 4.69) is 0 Å². The lowest BCUT2D eigenvalue weighted by atomic mass is 9.86. The van der Waals surface area contributed by atoms with Gasteiger partial charge in [0.15, 0.2) is 11.5 Å². The third kappa shape index (κ3) is 2.14.